The number of nitrogens with zero attached hydrogens (tertiary/aromatic N) is 2. The molecule has 0 aromatic carbocycles. The highest BCUT2D eigenvalue weighted by atomic mass is 16.5. The summed E-state index contributed by atoms with van der Waals surface area (Å²) < 4.78 is 12.4. The molecule has 84 valence electrons. The summed E-state index contributed by atoms with van der Waals surface area (Å²) in [4.78, 5) is 4.27. The third-order valence-corrected chi connectivity index (χ3v) is 2.51. The average molecular weight is 211 g/mol. The maximum atomic E-state index is 5.30. The summed E-state index contributed by atoms with van der Waals surface area (Å²) in [5.41, 5.74) is 0. The highest BCUT2D eigenvalue weighted by Crippen LogP contribution is 2.11. The van der Waals surface area contributed by atoms with E-state index in [1.165, 1.54) is 0 Å². The first-order valence-electron chi connectivity index (χ1n) is 5.24. The van der Waals surface area contributed by atoms with Gasteiger partial charge in [-0.25, -0.2) is 4.98 Å². The van der Waals surface area contributed by atoms with Crippen LogP contribution in [0.1, 0.15) is 6.42 Å². The zero-order chi connectivity index (χ0) is 10.5. The van der Waals surface area contributed by atoms with Crippen molar-refractivity contribution in [1.29, 1.82) is 0 Å². The fourth-order valence-electron chi connectivity index (χ4n) is 1.65. The summed E-state index contributed by atoms with van der Waals surface area (Å²) in [6.07, 6.45) is 4.81. The Kier molecular flexibility index (Phi) is 3.58. The number of imidazole rings is 1. The lowest BCUT2D eigenvalue weighted by Crippen LogP contribution is -2.22. The summed E-state index contributed by atoms with van der Waals surface area (Å²) >= 11 is 0. The number of hydrogen-bond donors (Lipinski definition) is 1. The molecule has 0 aliphatic carbocycles. The third-order valence-electron chi connectivity index (χ3n) is 2.51. The number of anilines is 1. The lowest BCUT2D eigenvalue weighted by atomic mass is 10.3. The number of rotatable bonds is 5. The van der Waals surface area contributed by atoms with Crippen molar-refractivity contribution in [3.8, 4) is 0 Å². The van der Waals surface area contributed by atoms with Gasteiger partial charge in [-0.15, -0.1) is 0 Å². The standard InChI is InChI=1S/C10H17N3O2/c1-14-7-5-13-4-3-11-10(13)12-9-2-6-15-8-9/h3-4,9H,2,5-8H2,1H3,(H,11,12). The van der Waals surface area contributed by atoms with E-state index in [1.807, 2.05) is 6.20 Å². The van der Waals surface area contributed by atoms with Crippen LogP contribution in [0.4, 0.5) is 5.95 Å². The third kappa shape index (κ3) is 2.70. The minimum Gasteiger partial charge on any atom is -0.383 e. The first-order valence-corrected chi connectivity index (χ1v) is 5.24. The van der Waals surface area contributed by atoms with Crippen LogP contribution in [-0.4, -0.2) is 42.5 Å². The summed E-state index contributed by atoms with van der Waals surface area (Å²) in [7, 11) is 1.70. The molecule has 15 heavy (non-hydrogen) atoms. The molecule has 1 saturated heterocycles. The Hall–Kier alpha value is -1.07. The molecular formula is C10H17N3O2. The van der Waals surface area contributed by atoms with Gasteiger partial charge in [0.1, 0.15) is 0 Å². The van der Waals surface area contributed by atoms with Crippen LogP contribution >= 0.6 is 0 Å². The molecule has 1 atom stereocenters. The van der Waals surface area contributed by atoms with E-state index in [2.05, 4.69) is 14.9 Å². The van der Waals surface area contributed by atoms with Crippen molar-refractivity contribution in [2.24, 2.45) is 0 Å². The highest BCUT2D eigenvalue weighted by Gasteiger charge is 2.16. The Morgan fingerprint density at radius 3 is 3.40 bits per heavy atom. The molecule has 1 fully saturated rings. The second kappa shape index (κ2) is 5.14. The average Bonchev–Trinajstić information content (AvgIpc) is 2.87. The highest BCUT2D eigenvalue weighted by molar-refractivity contribution is 5.27. The Labute approximate surface area is 89.4 Å². The van der Waals surface area contributed by atoms with Crippen molar-refractivity contribution in [2.45, 2.75) is 19.0 Å². The Balaban J connectivity index is 1.91. The fraction of sp³-hybridized carbons (Fsp3) is 0.700. The molecule has 2 rings (SSSR count). The summed E-state index contributed by atoms with van der Waals surface area (Å²) in [6, 6.07) is 0.397. The molecule has 0 spiro atoms. The molecule has 0 saturated carbocycles. The van der Waals surface area contributed by atoms with Gasteiger partial charge in [0.25, 0.3) is 0 Å². The molecule has 0 bridgehead atoms. The predicted molar refractivity (Wildman–Crippen MR) is 56.9 cm³/mol. The van der Waals surface area contributed by atoms with E-state index in [9.17, 15) is 0 Å². The van der Waals surface area contributed by atoms with E-state index in [1.54, 1.807) is 13.3 Å². The van der Waals surface area contributed by atoms with E-state index in [0.717, 1.165) is 32.1 Å². The Bertz CT molecular complexity index is 295. The molecule has 0 amide bonds. The summed E-state index contributed by atoms with van der Waals surface area (Å²) in [5.74, 6) is 0.905. The number of methoxy groups -OCH3 is 1. The molecule has 5 heteroatoms. The second-order valence-corrected chi connectivity index (χ2v) is 3.64. The van der Waals surface area contributed by atoms with E-state index < -0.39 is 0 Å². The van der Waals surface area contributed by atoms with Gasteiger partial charge in [-0.1, -0.05) is 0 Å². The van der Waals surface area contributed by atoms with Gasteiger partial charge in [-0.2, -0.15) is 0 Å². The van der Waals surface area contributed by atoms with Crippen LogP contribution in [0.3, 0.4) is 0 Å². The van der Waals surface area contributed by atoms with Gasteiger partial charge in [0.15, 0.2) is 0 Å². The maximum Gasteiger partial charge on any atom is 0.203 e. The first-order chi connectivity index (χ1) is 7.40. The number of nitrogens with one attached hydrogen (secondary N) is 1. The predicted octanol–water partition coefficient (Wildman–Crippen LogP) is 0.730. The smallest absolute Gasteiger partial charge is 0.203 e. The second-order valence-electron chi connectivity index (χ2n) is 3.64. The van der Waals surface area contributed by atoms with Gasteiger partial charge >= 0.3 is 0 Å². The molecule has 1 aliphatic rings. The molecule has 1 unspecified atom stereocenters. The molecule has 1 aliphatic heterocycles. The summed E-state index contributed by atoms with van der Waals surface area (Å²) in [6.45, 7) is 3.15. The van der Waals surface area contributed by atoms with E-state index in [-0.39, 0.29) is 0 Å². The zero-order valence-corrected chi connectivity index (χ0v) is 8.98. The summed E-state index contributed by atoms with van der Waals surface area (Å²) in [5, 5.41) is 3.37. The zero-order valence-electron chi connectivity index (χ0n) is 8.98. The van der Waals surface area contributed by atoms with Crippen LogP contribution < -0.4 is 5.32 Å². The van der Waals surface area contributed by atoms with Gasteiger partial charge in [-0.3, -0.25) is 0 Å². The monoisotopic (exact) mass is 211 g/mol. The molecular weight excluding hydrogens is 194 g/mol. The van der Waals surface area contributed by atoms with Crippen molar-refractivity contribution in [1.82, 2.24) is 9.55 Å². The normalized spacial score (nSPS) is 20.7. The van der Waals surface area contributed by atoms with Crippen LogP contribution in [0.15, 0.2) is 12.4 Å². The van der Waals surface area contributed by atoms with Gasteiger partial charge in [0.05, 0.1) is 19.3 Å². The van der Waals surface area contributed by atoms with E-state index >= 15 is 0 Å². The topological polar surface area (TPSA) is 48.3 Å². The largest absolute Gasteiger partial charge is 0.383 e. The number of hydrogen-bond acceptors (Lipinski definition) is 4. The molecule has 0 radical (unpaired) electrons. The minimum absolute atomic E-state index is 0.397. The van der Waals surface area contributed by atoms with Crippen molar-refractivity contribution in [3.63, 3.8) is 0 Å². The Morgan fingerprint density at radius 2 is 2.67 bits per heavy atom. The van der Waals surface area contributed by atoms with Gasteiger partial charge in [-0.05, 0) is 6.42 Å². The van der Waals surface area contributed by atoms with Crippen molar-refractivity contribution < 1.29 is 9.47 Å². The molecule has 5 nitrogen and oxygen atoms in total. The first kappa shape index (κ1) is 10.4. The molecule has 1 N–H and O–H groups in total. The molecule has 1 aromatic heterocycles. The van der Waals surface area contributed by atoms with Crippen LogP contribution in [0.25, 0.3) is 0 Å². The van der Waals surface area contributed by atoms with Crippen molar-refractivity contribution >= 4 is 5.95 Å². The van der Waals surface area contributed by atoms with Gasteiger partial charge < -0.3 is 19.4 Å². The van der Waals surface area contributed by atoms with Crippen molar-refractivity contribution in [3.05, 3.63) is 12.4 Å². The minimum atomic E-state index is 0.397. The SMILES string of the molecule is COCCn1ccnc1NC1CCOC1. The van der Waals surface area contributed by atoms with Crippen LogP contribution in [0.5, 0.6) is 0 Å². The van der Waals surface area contributed by atoms with Gasteiger partial charge in [0.2, 0.25) is 5.95 Å². The maximum absolute atomic E-state index is 5.30. The number of aromatic nitrogens is 2. The van der Waals surface area contributed by atoms with E-state index in [0.29, 0.717) is 12.6 Å². The quantitative estimate of drug-likeness (QED) is 0.780. The van der Waals surface area contributed by atoms with Crippen LogP contribution in [0.2, 0.25) is 0 Å². The molecule has 1 aromatic rings. The van der Waals surface area contributed by atoms with Crippen molar-refractivity contribution in [2.75, 3.05) is 32.2 Å². The van der Waals surface area contributed by atoms with Gasteiger partial charge in [0, 0.05) is 32.7 Å². The number of ether oxygens (including phenoxy) is 2. The Morgan fingerprint density at radius 1 is 1.73 bits per heavy atom. The van der Waals surface area contributed by atoms with Crippen LogP contribution in [0, 0.1) is 0 Å². The van der Waals surface area contributed by atoms with Crippen LogP contribution in [-0.2, 0) is 16.0 Å². The molecule has 2 heterocycles. The van der Waals surface area contributed by atoms with E-state index in [4.69, 9.17) is 9.47 Å². The lowest BCUT2D eigenvalue weighted by Gasteiger charge is -2.13. The fourth-order valence-corrected chi connectivity index (χ4v) is 1.65. The lowest BCUT2D eigenvalue weighted by molar-refractivity contribution is 0.187.